The van der Waals surface area contributed by atoms with E-state index in [-0.39, 0.29) is 49.0 Å². The number of ether oxygens (including phenoxy) is 2. The number of aromatic nitrogens is 2. The van der Waals surface area contributed by atoms with Gasteiger partial charge in [0.15, 0.2) is 5.82 Å². The molecule has 1 aromatic rings. The minimum atomic E-state index is -3.52. The number of nitrogens with zero attached hydrogens (tertiary/aromatic N) is 6. The summed E-state index contributed by atoms with van der Waals surface area (Å²) in [5, 5.41) is 0. The van der Waals surface area contributed by atoms with Crippen LogP contribution in [0.25, 0.3) is 0 Å². The molecule has 0 bridgehead atoms. The van der Waals surface area contributed by atoms with E-state index in [2.05, 4.69) is 14.9 Å². The van der Waals surface area contributed by atoms with Crippen molar-refractivity contribution in [1.82, 2.24) is 24.1 Å². The molecule has 13 heteroatoms. The van der Waals surface area contributed by atoms with Crippen molar-refractivity contribution in [2.45, 2.75) is 57.1 Å². The second kappa shape index (κ2) is 10.9. The summed E-state index contributed by atoms with van der Waals surface area (Å²) in [6.07, 6.45) is 8.15. The van der Waals surface area contributed by atoms with Crippen LogP contribution in [0.3, 0.4) is 0 Å². The number of piperazine rings is 1. The lowest BCUT2D eigenvalue weighted by Gasteiger charge is -2.34. The van der Waals surface area contributed by atoms with Gasteiger partial charge >= 0.3 is 6.09 Å². The summed E-state index contributed by atoms with van der Waals surface area (Å²) in [6, 6.07) is 0.00603. The van der Waals surface area contributed by atoms with Crippen molar-refractivity contribution in [2.75, 3.05) is 63.6 Å². The van der Waals surface area contributed by atoms with E-state index < -0.39 is 10.0 Å². The molecule has 210 valence electrons. The van der Waals surface area contributed by atoms with Crippen molar-refractivity contribution in [3.8, 4) is 5.88 Å². The number of likely N-dealkylation sites (tertiary alicyclic amines) is 2. The molecule has 4 fully saturated rings. The Kier molecular flexibility index (Phi) is 7.79. The molecular weight excluding hydrogens is 512 g/mol. The second-order valence-corrected chi connectivity index (χ2v) is 13.2. The zero-order chi connectivity index (χ0) is 26.9. The first kappa shape index (κ1) is 27.1. The van der Waals surface area contributed by atoms with Gasteiger partial charge in [-0.05, 0) is 65.0 Å². The fourth-order valence-corrected chi connectivity index (χ4v) is 7.02. The van der Waals surface area contributed by atoms with Gasteiger partial charge < -0.3 is 19.3 Å². The van der Waals surface area contributed by atoms with Gasteiger partial charge in [0.2, 0.25) is 21.8 Å². The number of piperidine rings is 1. The Balaban J connectivity index is 1.06. The molecule has 0 N–H and O–H groups in total. The Morgan fingerprint density at radius 1 is 1.08 bits per heavy atom. The molecule has 0 aromatic carbocycles. The molecule has 1 unspecified atom stereocenters. The van der Waals surface area contributed by atoms with E-state index in [4.69, 9.17) is 9.47 Å². The fraction of sp³-hybridized carbons (Fsp3) is 0.760. The number of anilines is 1. The molecule has 1 saturated carbocycles. The Bertz CT molecular complexity index is 1120. The van der Waals surface area contributed by atoms with Crippen molar-refractivity contribution in [2.24, 2.45) is 5.92 Å². The van der Waals surface area contributed by atoms with E-state index in [0.717, 1.165) is 45.1 Å². The molecule has 12 nitrogen and oxygen atoms in total. The van der Waals surface area contributed by atoms with Crippen LogP contribution in [0.15, 0.2) is 12.4 Å². The molecule has 38 heavy (non-hydrogen) atoms. The summed E-state index contributed by atoms with van der Waals surface area (Å²) >= 11 is 0. The summed E-state index contributed by atoms with van der Waals surface area (Å²) in [7, 11) is -1.57. The lowest BCUT2D eigenvalue weighted by atomic mass is 9.98. The van der Waals surface area contributed by atoms with E-state index in [9.17, 15) is 18.0 Å². The molecule has 3 saturated heterocycles. The van der Waals surface area contributed by atoms with Gasteiger partial charge in [-0.2, -0.15) is 4.31 Å². The topological polar surface area (TPSA) is 125 Å². The lowest BCUT2D eigenvalue weighted by Crippen LogP contribution is -2.54. The molecule has 1 aliphatic carbocycles. The Labute approximate surface area is 224 Å². The number of hydrogen-bond acceptors (Lipinski definition) is 9. The molecule has 3 aliphatic heterocycles. The third-order valence-electron chi connectivity index (χ3n) is 8.17. The Morgan fingerprint density at radius 3 is 2.45 bits per heavy atom. The average molecular weight is 551 g/mol. The first-order chi connectivity index (χ1) is 18.1. The SMILES string of the molecule is CN1CCCC1CS(=O)(=O)N1CCN(c2cnc(OCC3CCN(C(=O)OC4(C)CC4)CC3)cn2)C(=O)C1. The van der Waals surface area contributed by atoms with Crippen molar-refractivity contribution in [3.05, 3.63) is 12.4 Å². The van der Waals surface area contributed by atoms with Crippen LogP contribution < -0.4 is 9.64 Å². The van der Waals surface area contributed by atoms with E-state index in [0.29, 0.717) is 37.3 Å². The fourth-order valence-electron chi connectivity index (χ4n) is 5.23. The van der Waals surface area contributed by atoms with Gasteiger partial charge in [-0.3, -0.25) is 9.69 Å². The summed E-state index contributed by atoms with van der Waals surface area (Å²) in [6.45, 7) is 4.91. The number of sulfonamides is 1. The third kappa shape index (κ3) is 6.37. The number of carbonyl (C=O) groups excluding carboxylic acids is 2. The standard InChI is InChI=1S/C25H38N6O6S/c1-25(7-8-25)37-24(33)29-10-5-19(6-11-29)17-36-22-15-26-21(14-27-22)31-13-12-30(16-23(31)32)38(34,35)18-20-4-3-9-28(20)2/h14-15,19-20H,3-13,16-18H2,1-2H3. The Hall–Kier alpha value is -2.51. The van der Waals surface area contributed by atoms with Crippen LogP contribution >= 0.6 is 0 Å². The number of hydrogen-bond donors (Lipinski definition) is 0. The Morgan fingerprint density at radius 2 is 1.84 bits per heavy atom. The van der Waals surface area contributed by atoms with Gasteiger partial charge in [-0.25, -0.2) is 23.2 Å². The molecule has 1 atom stereocenters. The minimum absolute atomic E-state index is 0.00603. The van der Waals surface area contributed by atoms with Crippen LogP contribution in [0.1, 0.15) is 45.4 Å². The smallest absolute Gasteiger partial charge is 0.410 e. The third-order valence-corrected chi connectivity index (χ3v) is 10.1. The monoisotopic (exact) mass is 550 g/mol. The summed E-state index contributed by atoms with van der Waals surface area (Å²) in [4.78, 5) is 39.0. The molecular formula is C25H38N6O6S. The largest absolute Gasteiger partial charge is 0.476 e. The predicted octanol–water partition coefficient (Wildman–Crippen LogP) is 1.33. The first-order valence-corrected chi connectivity index (χ1v) is 15.1. The molecule has 0 radical (unpaired) electrons. The highest BCUT2D eigenvalue weighted by molar-refractivity contribution is 7.89. The number of rotatable bonds is 8. The maximum atomic E-state index is 12.9. The maximum Gasteiger partial charge on any atom is 0.410 e. The van der Waals surface area contributed by atoms with Crippen LogP contribution in [-0.4, -0.2) is 115 Å². The summed E-state index contributed by atoms with van der Waals surface area (Å²) in [5.41, 5.74) is -0.260. The van der Waals surface area contributed by atoms with Crippen LogP contribution in [-0.2, 0) is 19.6 Å². The van der Waals surface area contributed by atoms with Gasteiger partial charge in [0, 0.05) is 32.2 Å². The first-order valence-electron chi connectivity index (χ1n) is 13.5. The van der Waals surface area contributed by atoms with E-state index in [1.807, 2.05) is 14.0 Å². The average Bonchev–Trinajstić information content (AvgIpc) is 3.50. The van der Waals surface area contributed by atoms with Crippen molar-refractivity contribution in [3.63, 3.8) is 0 Å². The maximum absolute atomic E-state index is 12.9. The predicted molar refractivity (Wildman–Crippen MR) is 139 cm³/mol. The van der Waals surface area contributed by atoms with E-state index >= 15 is 0 Å². The number of amides is 2. The van der Waals surface area contributed by atoms with Crippen LogP contribution in [0.5, 0.6) is 5.88 Å². The highest BCUT2D eigenvalue weighted by Gasteiger charge is 2.43. The van der Waals surface area contributed by atoms with Crippen molar-refractivity contribution < 1.29 is 27.5 Å². The second-order valence-electron chi connectivity index (χ2n) is 11.2. The molecule has 0 spiro atoms. The van der Waals surface area contributed by atoms with Gasteiger partial charge in [-0.1, -0.05) is 0 Å². The summed E-state index contributed by atoms with van der Waals surface area (Å²) < 4.78 is 38.5. The van der Waals surface area contributed by atoms with Gasteiger partial charge in [0.25, 0.3) is 0 Å². The van der Waals surface area contributed by atoms with Crippen molar-refractivity contribution in [1.29, 1.82) is 0 Å². The van der Waals surface area contributed by atoms with Crippen LogP contribution in [0, 0.1) is 5.92 Å². The zero-order valence-corrected chi connectivity index (χ0v) is 23.1. The zero-order valence-electron chi connectivity index (χ0n) is 22.2. The van der Waals surface area contributed by atoms with E-state index in [1.165, 1.54) is 21.6 Å². The van der Waals surface area contributed by atoms with E-state index in [1.54, 1.807) is 4.90 Å². The normalized spacial score (nSPS) is 25.0. The van der Waals surface area contributed by atoms with Crippen LogP contribution in [0.2, 0.25) is 0 Å². The molecule has 4 aliphatic rings. The quantitative estimate of drug-likeness (QED) is 0.471. The highest BCUT2D eigenvalue weighted by Crippen LogP contribution is 2.39. The van der Waals surface area contributed by atoms with Crippen LogP contribution in [0.4, 0.5) is 10.6 Å². The van der Waals surface area contributed by atoms with Gasteiger partial charge in [0.1, 0.15) is 5.60 Å². The lowest BCUT2D eigenvalue weighted by molar-refractivity contribution is -0.120. The molecule has 1 aromatic heterocycles. The van der Waals surface area contributed by atoms with Crippen molar-refractivity contribution >= 4 is 27.8 Å². The molecule has 5 rings (SSSR count). The highest BCUT2D eigenvalue weighted by atomic mass is 32.2. The molecule has 2 amide bonds. The number of carbonyl (C=O) groups is 2. The molecule has 4 heterocycles. The van der Waals surface area contributed by atoms with Gasteiger partial charge in [0.05, 0.1) is 31.3 Å². The summed E-state index contributed by atoms with van der Waals surface area (Å²) in [5.74, 6) is 0.782. The minimum Gasteiger partial charge on any atom is -0.476 e. The van der Waals surface area contributed by atoms with Gasteiger partial charge in [-0.15, -0.1) is 0 Å².